The highest BCUT2D eigenvalue weighted by molar-refractivity contribution is 5.19. The number of ether oxygens (including phenoxy) is 1. The number of rotatable bonds is 8. The minimum Gasteiger partial charge on any atom is -0.387 e. The molecule has 0 aliphatic rings. The molecule has 0 saturated carbocycles. The Hall–Kier alpha value is -0.900. The molecule has 2 unspecified atom stereocenters. The molecule has 0 heterocycles. The van der Waals surface area contributed by atoms with Crippen LogP contribution in [-0.4, -0.2) is 31.4 Å². The molecule has 1 rings (SSSR count). The monoisotopic (exact) mass is 251 g/mol. The highest BCUT2D eigenvalue weighted by atomic mass is 16.5. The van der Waals surface area contributed by atoms with E-state index in [0.29, 0.717) is 5.92 Å². The Morgan fingerprint density at radius 2 is 1.89 bits per heavy atom. The lowest BCUT2D eigenvalue weighted by molar-refractivity contribution is 0.103. The Kier molecular flexibility index (Phi) is 6.94. The average Bonchev–Trinajstić information content (AvgIpc) is 2.39. The van der Waals surface area contributed by atoms with Gasteiger partial charge in [-0.05, 0) is 24.4 Å². The summed E-state index contributed by atoms with van der Waals surface area (Å²) in [5, 5.41) is 13.8. The number of hydrogen-bond acceptors (Lipinski definition) is 3. The van der Waals surface area contributed by atoms with Crippen LogP contribution in [0, 0.1) is 5.92 Å². The van der Waals surface area contributed by atoms with E-state index in [0.717, 1.165) is 25.1 Å². The molecule has 1 aromatic carbocycles. The highest BCUT2D eigenvalue weighted by Gasteiger charge is 2.23. The smallest absolute Gasteiger partial charge is 0.0945 e. The molecule has 1 aromatic rings. The quantitative estimate of drug-likeness (QED) is 0.697. The molecule has 2 N–H and O–H groups in total. The van der Waals surface area contributed by atoms with Gasteiger partial charge in [0.05, 0.1) is 6.10 Å². The third-order valence-corrected chi connectivity index (χ3v) is 3.10. The molecule has 0 aromatic heterocycles. The Labute approximate surface area is 110 Å². The number of aliphatic hydroxyl groups excluding tert-OH is 1. The molecule has 2 atom stereocenters. The second-order valence-corrected chi connectivity index (χ2v) is 4.93. The minimum atomic E-state index is -0.464. The Bertz CT molecular complexity index is 314. The van der Waals surface area contributed by atoms with Crippen LogP contribution in [0.5, 0.6) is 0 Å². The zero-order valence-electron chi connectivity index (χ0n) is 11.6. The second-order valence-electron chi connectivity index (χ2n) is 4.93. The zero-order valence-corrected chi connectivity index (χ0v) is 11.6. The van der Waals surface area contributed by atoms with Crippen molar-refractivity contribution in [2.45, 2.75) is 32.4 Å². The lowest BCUT2D eigenvalue weighted by Gasteiger charge is -2.28. The Balaban J connectivity index is 2.56. The summed E-state index contributed by atoms with van der Waals surface area (Å²) in [4.78, 5) is 0. The van der Waals surface area contributed by atoms with E-state index in [9.17, 15) is 5.11 Å². The molecule has 0 amide bonds. The SMILES string of the molecule is COCCCNC(C(C)C)C(O)c1ccccc1. The molecule has 102 valence electrons. The van der Waals surface area contributed by atoms with E-state index in [4.69, 9.17) is 4.74 Å². The number of benzene rings is 1. The zero-order chi connectivity index (χ0) is 13.4. The number of nitrogens with one attached hydrogen (secondary N) is 1. The normalized spacial score (nSPS) is 14.7. The van der Waals surface area contributed by atoms with Crippen molar-refractivity contribution in [3.8, 4) is 0 Å². The summed E-state index contributed by atoms with van der Waals surface area (Å²) >= 11 is 0. The van der Waals surface area contributed by atoms with Crippen molar-refractivity contribution in [2.24, 2.45) is 5.92 Å². The van der Waals surface area contributed by atoms with Gasteiger partial charge in [-0.1, -0.05) is 44.2 Å². The molecule has 0 radical (unpaired) electrons. The van der Waals surface area contributed by atoms with Gasteiger partial charge in [0.2, 0.25) is 0 Å². The Morgan fingerprint density at radius 3 is 2.44 bits per heavy atom. The van der Waals surface area contributed by atoms with Gasteiger partial charge in [-0.2, -0.15) is 0 Å². The molecular weight excluding hydrogens is 226 g/mol. The molecule has 0 bridgehead atoms. The first-order chi connectivity index (χ1) is 8.66. The molecule has 3 nitrogen and oxygen atoms in total. The van der Waals surface area contributed by atoms with E-state index in [1.807, 2.05) is 30.3 Å². The van der Waals surface area contributed by atoms with Crippen LogP contribution in [0.15, 0.2) is 30.3 Å². The molecule has 0 saturated heterocycles. The predicted molar refractivity (Wildman–Crippen MR) is 74.5 cm³/mol. The fourth-order valence-corrected chi connectivity index (χ4v) is 2.05. The van der Waals surface area contributed by atoms with Crippen LogP contribution in [0.2, 0.25) is 0 Å². The van der Waals surface area contributed by atoms with Crippen molar-refractivity contribution in [2.75, 3.05) is 20.3 Å². The summed E-state index contributed by atoms with van der Waals surface area (Å²) in [6.07, 6.45) is 0.495. The Morgan fingerprint density at radius 1 is 1.22 bits per heavy atom. The van der Waals surface area contributed by atoms with Gasteiger partial charge >= 0.3 is 0 Å². The molecule has 0 fully saturated rings. The van der Waals surface area contributed by atoms with Gasteiger partial charge in [0, 0.05) is 19.8 Å². The molecule has 0 aliphatic carbocycles. The van der Waals surface area contributed by atoms with Crippen LogP contribution in [0.3, 0.4) is 0 Å². The van der Waals surface area contributed by atoms with Gasteiger partial charge in [0.1, 0.15) is 0 Å². The number of aliphatic hydroxyl groups is 1. The average molecular weight is 251 g/mol. The van der Waals surface area contributed by atoms with E-state index < -0.39 is 6.10 Å². The van der Waals surface area contributed by atoms with Crippen molar-refractivity contribution in [3.05, 3.63) is 35.9 Å². The summed E-state index contributed by atoms with van der Waals surface area (Å²) in [5.74, 6) is 0.378. The van der Waals surface area contributed by atoms with Crippen LogP contribution in [-0.2, 0) is 4.74 Å². The van der Waals surface area contributed by atoms with Crippen LogP contribution in [0.25, 0.3) is 0 Å². The first kappa shape index (κ1) is 15.2. The van der Waals surface area contributed by atoms with Crippen molar-refractivity contribution < 1.29 is 9.84 Å². The summed E-state index contributed by atoms with van der Waals surface area (Å²) in [6.45, 7) is 5.86. The van der Waals surface area contributed by atoms with Crippen molar-refractivity contribution >= 4 is 0 Å². The van der Waals surface area contributed by atoms with Gasteiger partial charge in [-0.15, -0.1) is 0 Å². The second kappa shape index (κ2) is 8.25. The molecule has 0 aliphatic heterocycles. The van der Waals surface area contributed by atoms with Gasteiger partial charge in [-0.25, -0.2) is 0 Å². The van der Waals surface area contributed by atoms with Crippen LogP contribution >= 0.6 is 0 Å². The standard InChI is InChI=1S/C15H25NO2/c1-12(2)14(16-10-7-11-18-3)15(17)13-8-5-4-6-9-13/h4-6,8-9,12,14-17H,7,10-11H2,1-3H3. The van der Waals surface area contributed by atoms with Gasteiger partial charge in [0.25, 0.3) is 0 Å². The van der Waals surface area contributed by atoms with Gasteiger partial charge in [0.15, 0.2) is 0 Å². The van der Waals surface area contributed by atoms with Crippen molar-refractivity contribution in [1.82, 2.24) is 5.32 Å². The van der Waals surface area contributed by atoms with Crippen LogP contribution in [0.1, 0.15) is 31.9 Å². The predicted octanol–water partition coefficient (Wildman–Crippen LogP) is 2.37. The number of hydrogen-bond donors (Lipinski definition) is 2. The lowest BCUT2D eigenvalue weighted by atomic mass is 9.93. The van der Waals surface area contributed by atoms with E-state index >= 15 is 0 Å². The summed E-state index contributed by atoms with van der Waals surface area (Å²) in [6, 6.07) is 9.89. The third-order valence-electron chi connectivity index (χ3n) is 3.10. The largest absolute Gasteiger partial charge is 0.387 e. The van der Waals surface area contributed by atoms with Gasteiger partial charge < -0.3 is 15.2 Å². The van der Waals surface area contributed by atoms with E-state index in [-0.39, 0.29) is 6.04 Å². The van der Waals surface area contributed by atoms with E-state index in [1.165, 1.54) is 0 Å². The highest BCUT2D eigenvalue weighted by Crippen LogP contribution is 2.21. The van der Waals surface area contributed by atoms with E-state index in [1.54, 1.807) is 7.11 Å². The summed E-state index contributed by atoms with van der Waals surface area (Å²) in [5.41, 5.74) is 0.968. The summed E-state index contributed by atoms with van der Waals surface area (Å²) in [7, 11) is 1.71. The first-order valence-electron chi connectivity index (χ1n) is 6.62. The van der Waals surface area contributed by atoms with Crippen molar-refractivity contribution in [1.29, 1.82) is 0 Å². The third kappa shape index (κ3) is 4.77. The fraction of sp³-hybridized carbons (Fsp3) is 0.600. The van der Waals surface area contributed by atoms with E-state index in [2.05, 4.69) is 19.2 Å². The fourth-order valence-electron chi connectivity index (χ4n) is 2.05. The lowest BCUT2D eigenvalue weighted by Crippen LogP contribution is -2.40. The summed E-state index contributed by atoms with van der Waals surface area (Å²) < 4.78 is 5.03. The van der Waals surface area contributed by atoms with Crippen LogP contribution < -0.4 is 5.32 Å². The maximum atomic E-state index is 10.4. The van der Waals surface area contributed by atoms with Gasteiger partial charge in [-0.3, -0.25) is 0 Å². The maximum Gasteiger partial charge on any atom is 0.0945 e. The molecule has 3 heteroatoms. The van der Waals surface area contributed by atoms with Crippen LogP contribution in [0.4, 0.5) is 0 Å². The number of methoxy groups -OCH3 is 1. The molecule has 18 heavy (non-hydrogen) atoms. The topological polar surface area (TPSA) is 41.5 Å². The maximum absolute atomic E-state index is 10.4. The molecular formula is C15H25NO2. The first-order valence-corrected chi connectivity index (χ1v) is 6.62. The van der Waals surface area contributed by atoms with Crippen molar-refractivity contribution in [3.63, 3.8) is 0 Å². The minimum absolute atomic E-state index is 0.0734. The molecule has 0 spiro atoms.